The first-order chi connectivity index (χ1) is 7.76. The number of anilines is 1. The Hall–Kier alpha value is -1.09. The summed E-state index contributed by atoms with van der Waals surface area (Å²) >= 11 is 0. The minimum absolute atomic E-state index is 0.0976. The predicted octanol–water partition coefficient (Wildman–Crippen LogP) is 1.74. The maximum Gasteiger partial charge on any atom is 0.128 e. The van der Waals surface area contributed by atoms with E-state index >= 15 is 0 Å². The number of aryl methyl sites for hydroxylation is 1. The molecule has 1 aliphatic carbocycles. The van der Waals surface area contributed by atoms with Gasteiger partial charge in [0, 0.05) is 24.2 Å². The van der Waals surface area contributed by atoms with Crippen LogP contribution in [-0.4, -0.2) is 23.2 Å². The van der Waals surface area contributed by atoms with Gasteiger partial charge < -0.3 is 10.0 Å². The number of pyridine rings is 1. The zero-order valence-electron chi connectivity index (χ0n) is 9.74. The van der Waals surface area contributed by atoms with Gasteiger partial charge in [0.2, 0.25) is 0 Å². The first kappa shape index (κ1) is 10.1. The highest BCUT2D eigenvalue weighted by molar-refractivity contribution is 5.46. The quantitative estimate of drug-likeness (QED) is 0.839. The van der Waals surface area contributed by atoms with E-state index in [1.54, 1.807) is 0 Å². The van der Waals surface area contributed by atoms with Gasteiger partial charge >= 0.3 is 0 Å². The van der Waals surface area contributed by atoms with E-state index in [1.165, 1.54) is 25.9 Å². The van der Waals surface area contributed by atoms with E-state index in [0.717, 1.165) is 23.5 Å². The zero-order valence-corrected chi connectivity index (χ0v) is 9.74. The van der Waals surface area contributed by atoms with Crippen LogP contribution in [0.3, 0.4) is 0 Å². The fourth-order valence-electron chi connectivity index (χ4n) is 2.56. The molecule has 2 aliphatic rings. The summed E-state index contributed by atoms with van der Waals surface area (Å²) in [5.41, 5.74) is 2.67. The van der Waals surface area contributed by atoms with Crippen LogP contribution in [0.25, 0.3) is 0 Å². The standard InChI is InChI=1S/C13H18N2O/c1-2-11-10(7-16)3-4-12(14-11)15-8-13(9-15)5-6-13/h3-4,16H,2,5-9H2,1H3. The van der Waals surface area contributed by atoms with E-state index in [4.69, 9.17) is 0 Å². The molecule has 86 valence electrons. The summed E-state index contributed by atoms with van der Waals surface area (Å²) in [5.74, 6) is 1.09. The molecule has 1 aromatic rings. The van der Waals surface area contributed by atoms with E-state index in [2.05, 4.69) is 16.8 Å². The summed E-state index contributed by atoms with van der Waals surface area (Å²) in [6, 6.07) is 4.05. The molecular formula is C13H18N2O. The molecule has 3 rings (SSSR count). The third kappa shape index (κ3) is 1.50. The Morgan fingerprint density at radius 3 is 2.69 bits per heavy atom. The molecule has 1 aliphatic heterocycles. The minimum atomic E-state index is 0.0976. The van der Waals surface area contributed by atoms with Crippen molar-refractivity contribution < 1.29 is 5.11 Å². The molecule has 2 heterocycles. The average molecular weight is 218 g/mol. The van der Waals surface area contributed by atoms with Crippen LogP contribution in [0.4, 0.5) is 5.82 Å². The molecule has 1 spiro atoms. The monoisotopic (exact) mass is 218 g/mol. The second-order valence-electron chi connectivity index (χ2n) is 5.14. The molecule has 3 heteroatoms. The molecule has 0 unspecified atom stereocenters. The van der Waals surface area contributed by atoms with Gasteiger partial charge in [0.15, 0.2) is 0 Å². The van der Waals surface area contributed by atoms with Crippen molar-refractivity contribution >= 4 is 5.82 Å². The molecule has 0 bridgehead atoms. The lowest BCUT2D eigenvalue weighted by Crippen LogP contribution is -2.48. The highest BCUT2D eigenvalue weighted by Gasteiger charge is 2.52. The number of nitrogens with zero attached hydrogens (tertiary/aromatic N) is 2. The van der Waals surface area contributed by atoms with Gasteiger partial charge in [-0.25, -0.2) is 4.98 Å². The molecule has 3 nitrogen and oxygen atoms in total. The number of aromatic nitrogens is 1. The molecule has 1 aromatic heterocycles. The summed E-state index contributed by atoms with van der Waals surface area (Å²) in [6.45, 7) is 4.55. The Morgan fingerprint density at radius 2 is 2.12 bits per heavy atom. The Labute approximate surface area is 96.1 Å². The van der Waals surface area contributed by atoms with E-state index < -0.39 is 0 Å². The van der Waals surface area contributed by atoms with E-state index in [-0.39, 0.29) is 6.61 Å². The molecule has 0 amide bonds. The fourth-order valence-corrected chi connectivity index (χ4v) is 2.56. The lowest BCUT2D eigenvalue weighted by molar-refractivity contribution is 0.280. The summed E-state index contributed by atoms with van der Waals surface area (Å²) in [6.07, 6.45) is 3.69. The summed E-state index contributed by atoms with van der Waals surface area (Å²) in [4.78, 5) is 7.00. The molecule has 0 radical (unpaired) electrons. The molecule has 0 aromatic carbocycles. The molecule has 2 fully saturated rings. The van der Waals surface area contributed by atoms with Gasteiger partial charge in [-0.3, -0.25) is 0 Å². The lowest BCUT2D eigenvalue weighted by Gasteiger charge is -2.41. The molecule has 1 saturated heterocycles. The van der Waals surface area contributed by atoms with Crippen molar-refractivity contribution in [2.75, 3.05) is 18.0 Å². The number of aliphatic hydroxyl groups is 1. The number of rotatable bonds is 3. The van der Waals surface area contributed by atoms with Crippen LogP contribution in [0.2, 0.25) is 0 Å². The second kappa shape index (κ2) is 3.45. The van der Waals surface area contributed by atoms with Crippen LogP contribution in [0.5, 0.6) is 0 Å². The van der Waals surface area contributed by atoms with Gasteiger partial charge in [0.1, 0.15) is 5.82 Å². The maximum atomic E-state index is 9.19. The molecule has 16 heavy (non-hydrogen) atoms. The van der Waals surface area contributed by atoms with Crippen LogP contribution in [-0.2, 0) is 13.0 Å². The topological polar surface area (TPSA) is 36.4 Å². The first-order valence-electron chi connectivity index (χ1n) is 6.11. The summed E-state index contributed by atoms with van der Waals surface area (Å²) < 4.78 is 0. The van der Waals surface area contributed by atoms with Crippen LogP contribution in [0.15, 0.2) is 12.1 Å². The summed E-state index contributed by atoms with van der Waals surface area (Å²) in [5, 5.41) is 9.19. The van der Waals surface area contributed by atoms with Crippen LogP contribution in [0.1, 0.15) is 31.0 Å². The van der Waals surface area contributed by atoms with Crippen molar-refractivity contribution in [3.8, 4) is 0 Å². The lowest BCUT2D eigenvalue weighted by atomic mass is 9.97. The van der Waals surface area contributed by atoms with Crippen LogP contribution >= 0.6 is 0 Å². The SMILES string of the molecule is CCc1nc(N2CC3(CC3)C2)ccc1CO. The van der Waals surface area contributed by atoms with E-state index in [1.807, 2.05) is 12.1 Å². The normalized spacial score (nSPS) is 21.0. The average Bonchev–Trinajstić information content (AvgIpc) is 3.06. The largest absolute Gasteiger partial charge is 0.392 e. The smallest absolute Gasteiger partial charge is 0.128 e. The van der Waals surface area contributed by atoms with Crippen LogP contribution < -0.4 is 4.90 Å². The predicted molar refractivity (Wildman–Crippen MR) is 63.4 cm³/mol. The highest BCUT2D eigenvalue weighted by Crippen LogP contribution is 2.53. The van der Waals surface area contributed by atoms with Crippen LogP contribution in [0, 0.1) is 5.41 Å². The van der Waals surface area contributed by atoms with Crippen molar-refractivity contribution in [2.24, 2.45) is 5.41 Å². The Balaban J connectivity index is 1.80. The van der Waals surface area contributed by atoms with Gasteiger partial charge in [-0.1, -0.05) is 13.0 Å². The van der Waals surface area contributed by atoms with Gasteiger partial charge in [-0.2, -0.15) is 0 Å². The van der Waals surface area contributed by atoms with Gasteiger partial charge in [-0.15, -0.1) is 0 Å². The number of hydrogen-bond acceptors (Lipinski definition) is 3. The zero-order chi connectivity index (χ0) is 11.2. The van der Waals surface area contributed by atoms with Crippen molar-refractivity contribution in [1.82, 2.24) is 4.98 Å². The molecular weight excluding hydrogens is 200 g/mol. The number of hydrogen-bond donors (Lipinski definition) is 1. The Bertz CT molecular complexity index is 404. The van der Waals surface area contributed by atoms with Crippen molar-refractivity contribution in [1.29, 1.82) is 0 Å². The summed E-state index contributed by atoms with van der Waals surface area (Å²) in [7, 11) is 0. The Morgan fingerprint density at radius 1 is 1.38 bits per heavy atom. The van der Waals surface area contributed by atoms with Crippen molar-refractivity contribution in [3.05, 3.63) is 23.4 Å². The molecule has 1 N–H and O–H groups in total. The third-order valence-electron chi connectivity index (χ3n) is 3.89. The van der Waals surface area contributed by atoms with Crippen molar-refractivity contribution in [2.45, 2.75) is 32.8 Å². The first-order valence-corrected chi connectivity index (χ1v) is 6.11. The second-order valence-corrected chi connectivity index (χ2v) is 5.14. The van der Waals surface area contributed by atoms with Crippen molar-refractivity contribution in [3.63, 3.8) is 0 Å². The fraction of sp³-hybridized carbons (Fsp3) is 0.615. The molecule has 1 saturated carbocycles. The van der Waals surface area contributed by atoms with E-state index in [9.17, 15) is 5.11 Å². The minimum Gasteiger partial charge on any atom is -0.392 e. The highest BCUT2D eigenvalue weighted by atomic mass is 16.3. The Kier molecular flexibility index (Phi) is 2.18. The third-order valence-corrected chi connectivity index (χ3v) is 3.89. The number of aliphatic hydroxyl groups excluding tert-OH is 1. The molecule has 0 atom stereocenters. The van der Waals surface area contributed by atoms with Gasteiger partial charge in [0.05, 0.1) is 6.61 Å². The van der Waals surface area contributed by atoms with Gasteiger partial charge in [-0.05, 0) is 30.9 Å². The van der Waals surface area contributed by atoms with Gasteiger partial charge in [0.25, 0.3) is 0 Å². The van der Waals surface area contributed by atoms with E-state index in [0.29, 0.717) is 5.41 Å². The maximum absolute atomic E-state index is 9.19.